The van der Waals surface area contributed by atoms with Crippen molar-refractivity contribution in [2.24, 2.45) is 0 Å². The summed E-state index contributed by atoms with van der Waals surface area (Å²) < 4.78 is 32.5. The molecule has 1 aliphatic heterocycles. The first kappa shape index (κ1) is 23.7. The number of furan rings is 1. The van der Waals surface area contributed by atoms with Crippen molar-refractivity contribution in [1.29, 1.82) is 0 Å². The Bertz CT molecular complexity index is 1210. The molecular formula is C25H27N3O5S. The third kappa shape index (κ3) is 5.92. The van der Waals surface area contributed by atoms with Gasteiger partial charge in [0.15, 0.2) is 0 Å². The van der Waals surface area contributed by atoms with Crippen LogP contribution in [0, 0.1) is 0 Å². The zero-order valence-electron chi connectivity index (χ0n) is 18.7. The SMILES string of the molecule is O=C(Nc1ccc(C(=O)N2CCCCCC2)cc1)c1ccc(S(=O)(=O)NCc2ccco2)cc1. The summed E-state index contributed by atoms with van der Waals surface area (Å²) in [5.41, 5.74) is 1.46. The molecule has 0 spiro atoms. The molecule has 0 saturated carbocycles. The van der Waals surface area contributed by atoms with Crippen molar-refractivity contribution in [3.63, 3.8) is 0 Å². The van der Waals surface area contributed by atoms with Gasteiger partial charge in [0, 0.05) is 29.9 Å². The lowest BCUT2D eigenvalue weighted by Crippen LogP contribution is -2.31. The molecule has 0 atom stereocenters. The Kier molecular flexibility index (Phi) is 7.44. The second-order valence-electron chi connectivity index (χ2n) is 8.17. The fraction of sp³-hybridized carbons (Fsp3) is 0.280. The number of benzene rings is 2. The van der Waals surface area contributed by atoms with Gasteiger partial charge in [-0.15, -0.1) is 0 Å². The Morgan fingerprint density at radius 2 is 1.50 bits per heavy atom. The lowest BCUT2D eigenvalue weighted by atomic mass is 10.1. The maximum absolute atomic E-state index is 12.7. The topological polar surface area (TPSA) is 109 Å². The molecule has 8 nitrogen and oxygen atoms in total. The van der Waals surface area contributed by atoms with Crippen LogP contribution < -0.4 is 10.0 Å². The van der Waals surface area contributed by atoms with Crippen LogP contribution >= 0.6 is 0 Å². The zero-order valence-corrected chi connectivity index (χ0v) is 19.5. The first-order valence-corrected chi connectivity index (χ1v) is 12.7. The molecule has 1 fully saturated rings. The number of anilines is 1. The van der Waals surface area contributed by atoms with Crippen LogP contribution in [-0.2, 0) is 16.6 Å². The number of hydrogen-bond acceptors (Lipinski definition) is 5. The van der Waals surface area contributed by atoms with Crippen molar-refractivity contribution >= 4 is 27.5 Å². The Morgan fingerprint density at radius 1 is 0.853 bits per heavy atom. The summed E-state index contributed by atoms with van der Waals surface area (Å²) in [4.78, 5) is 27.2. The number of carbonyl (C=O) groups excluding carboxylic acids is 2. The van der Waals surface area contributed by atoms with Crippen LogP contribution in [0.15, 0.2) is 76.2 Å². The molecule has 0 unspecified atom stereocenters. The highest BCUT2D eigenvalue weighted by atomic mass is 32.2. The molecule has 4 rings (SSSR count). The van der Waals surface area contributed by atoms with Gasteiger partial charge in [0.05, 0.1) is 17.7 Å². The molecule has 1 aromatic heterocycles. The van der Waals surface area contributed by atoms with Gasteiger partial charge in [-0.2, -0.15) is 0 Å². The predicted molar refractivity (Wildman–Crippen MR) is 128 cm³/mol. The summed E-state index contributed by atoms with van der Waals surface area (Å²) in [6, 6.07) is 15.8. The second kappa shape index (κ2) is 10.7. The summed E-state index contributed by atoms with van der Waals surface area (Å²) in [7, 11) is -3.74. The largest absolute Gasteiger partial charge is 0.468 e. The van der Waals surface area contributed by atoms with E-state index >= 15 is 0 Å². The van der Waals surface area contributed by atoms with Gasteiger partial charge >= 0.3 is 0 Å². The molecule has 2 amide bonds. The highest BCUT2D eigenvalue weighted by molar-refractivity contribution is 7.89. The Labute approximate surface area is 199 Å². The van der Waals surface area contributed by atoms with E-state index in [-0.39, 0.29) is 23.3 Å². The lowest BCUT2D eigenvalue weighted by Gasteiger charge is -2.20. The van der Waals surface area contributed by atoms with E-state index in [9.17, 15) is 18.0 Å². The van der Waals surface area contributed by atoms with E-state index in [0.29, 0.717) is 22.6 Å². The summed E-state index contributed by atoms with van der Waals surface area (Å²) in [5, 5.41) is 2.77. The van der Waals surface area contributed by atoms with Crippen LogP contribution in [0.3, 0.4) is 0 Å². The van der Waals surface area contributed by atoms with Crippen LogP contribution in [0.5, 0.6) is 0 Å². The van der Waals surface area contributed by atoms with Gasteiger partial charge in [-0.05, 0) is 73.5 Å². The fourth-order valence-corrected chi connectivity index (χ4v) is 4.80. The molecule has 1 aliphatic rings. The molecule has 2 N–H and O–H groups in total. The number of amides is 2. The highest BCUT2D eigenvalue weighted by Crippen LogP contribution is 2.17. The minimum Gasteiger partial charge on any atom is -0.468 e. The quantitative estimate of drug-likeness (QED) is 0.530. The number of nitrogens with zero attached hydrogens (tertiary/aromatic N) is 1. The van der Waals surface area contributed by atoms with E-state index in [1.54, 1.807) is 36.4 Å². The number of sulfonamides is 1. The van der Waals surface area contributed by atoms with Crippen LogP contribution in [0.2, 0.25) is 0 Å². The van der Waals surface area contributed by atoms with Crippen molar-refractivity contribution in [3.05, 3.63) is 83.8 Å². The van der Waals surface area contributed by atoms with Gasteiger partial charge in [0.25, 0.3) is 11.8 Å². The van der Waals surface area contributed by atoms with Gasteiger partial charge in [0.1, 0.15) is 5.76 Å². The zero-order chi connectivity index (χ0) is 24.0. The first-order valence-electron chi connectivity index (χ1n) is 11.3. The van der Waals surface area contributed by atoms with Gasteiger partial charge < -0.3 is 14.6 Å². The molecular weight excluding hydrogens is 454 g/mol. The molecule has 3 aromatic rings. The molecule has 0 bridgehead atoms. The molecule has 178 valence electrons. The first-order chi connectivity index (χ1) is 16.4. The number of nitrogens with one attached hydrogen (secondary N) is 2. The average molecular weight is 482 g/mol. The van der Waals surface area contributed by atoms with E-state index in [1.807, 2.05) is 4.90 Å². The van der Waals surface area contributed by atoms with Crippen molar-refractivity contribution < 1.29 is 22.4 Å². The maximum Gasteiger partial charge on any atom is 0.255 e. The number of carbonyl (C=O) groups is 2. The minimum absolute atomic E-state index is 0.0113. The van der Waals surface area contributed by atoms with Crippen LogP contribution in [-0.4, -0.2) is 38.2 Å². The summed E-state index contributed by atoms with van der Waals surface area (Å²) >= 11 is 0. The van der Waals surface area contributed by atoms with E-state index in [0.717, 1.165) is 38.8 Å². The monoisotopic (exact) mass is 481 g/mol. The summed E-state index contributed by atoms with van der Waals surface area (Å²) in [6.45, 7) is 1.59. The summed E-state index contributed by atoms with van der Waals surface area (Å²) in [5.74, 6) is 0.134. The maximum atomic E-state index is 12.7. The number of likely N-dealkylation sites (tertiary alicyclic amines) is 1. The molecule has 0 aliphatic carbocycles. The van der Waals surface area contributed by atoms with Crippen LogP contribution in [0.25, 0.3) is 0 Å². The Morgan fingerprint density at radius 3 is 2.12 bits per heavy atom. The Balaban J connectivity index is 1.35. The van der Waals surface area contributed by atoms with Crippen molar-refractivity contribution in [1.82, 2.24) is 9.62 Å². The smallest absolute Gasteiger partial charge is 0.255 e. The van der Waals surface area contributed by atoms with E-state index in [1.165, 1.54) is 30.5 Å². The predicted octanol–water partition coefficient (Wildman–Crippen LogP) is 4.03. The van der Waals surface area contributed by atoms with Crippen molar-refractivity contribution in [3.8, 4) is 0 Å². The second-order valence-corrected chi connectivity index (χ2v) is 9.93. The summed E-state index contributed by atoms with van der Waals surface area (Å²) in [6.07, 6.45) is 5.84. The molecule has 34 heavy (non-hydrogen) atoms. The standard InChI is InChI=1S/C25H27N3O5S/c29-24(19-9-13-23(14-10-19)34(31,32)26-18-22-6-5-17-33-22)27-21-11-7-20(8-12-21)25(30)28-15-3-1-2-4-16-28/h5-14,17,26H,1-4,15-16,18H2,(H,27,29). The fourth-order valence-electron chi connectivity index (χ4n) is 3.80. The van der Waals surface area contributed by atoms with E-state index in [4.69, 9.17) is 4.42 Å². The molecule has 9 heteroatoms. The molecule has 2 aromatic carbocycles. The van der Waals surface area contributed by atoms with Gasteiger partial charge in [-0.1, -0.05) is 12.8 Å². The third-order valence-corrected chi connectivity index (χ3v) is 7.14. The lowest BCUT2D eigenvalue weighted by molar-refractivity contribution is 0.0761. The molecule has 1 saturated heterocycles. The molecule has 2 heterocycles. The Hall–Kier alpha value is -3.43. The molecule has 0 radical (unpaired) electrons. The van der Waals surface area contributed by atoms with Crippen LogP contribution in [0.1, 0.15) is 52.2 Å². The van der Waals surface area contributed by atoms with Gasteiger partial charge in [-0.25, -0.2) is 13.1 Å². The normalized spacial score (nSPS) is 14.4. The van der Waals surface area contributed by atoms with Gasteiger partial charge in [0.2, 0.25) is 10.0 Å². The third-order valence-electron chi connectivity index (χ3n) is 5.73. The minimum atomic E-state index is -3.74. The average Bonchev–Trinajstić information content (AvgIpc) is 3.23. The number of hydrogen-bond donors (Lipinski definition) is 2. The van der Waals surface area contributed by atoms with E-state index < -0.39 is 10.0 Å². The van der Waals surface area contributed by atoms with Crippen molar-refractivity contribution in [2.75, 3.05) is 18.4 Å². The van der Waals surface area contributed by atoms with Gasteiger partial charge in [-0.3, -0.25) is 9.59 Å². The van der Waals surface area contributed by atoms with Crippen LogP contribution in [0.4, 0.5) is 5.69 Å². The number of rotatable bonds is 7. The highest BCUT2D eigenvalue weighted by Gasteiger charge is 2.18. The van der Waals surface area contributed by atoms with Crippen molar-refractivity contribution in [2.45, 2.75) is 37.1 Å². The van der Waals surface area contributed by atoms with E-state index in [2.05, 4.69) is 10.0 Å².